The van der Waals surface area contributed by atoms with Crippen LogP contribution in [0.4, 0.5) is 17.5 Å². The zero-order chi connectivity index (χ0) is 27.4. The Kier molecular flexibility index (Phi) is 7.25. The number of nitriles is 1. The van der Waals surface area contributed by atoms with Gasteiger partial charge >= 0.3 is 0 Å². The molecule has 12 heteroatoms. The third kappa shape index (κ3) is 5.44. The molecule has 12 nitrogen and oxygen atoms in total. The largest absolute Gasteiger partial charge is 0.368 e. The smallest absolute Gasteiger partial charge is 0.252 e. The number of hydrogen-bond acceptors (Lipinski definition) is 9. The molecule has 5 rings (SSSR count). The number of aryl methyl sites for hydroxylation is 2. The van der Waals surface area contributed by atoms with E-state index < -0.39 is 5.60 Å². The maximum absolute atomic E-state index is 13.3. The number of piperidine rings is 1. The summed E-state index contributed by atoms with van der Waals surface area (Å²) in [5.74, 6) is 2.36. The van der Waals surface area contributed by atoms with Gasteiger partial charge in [0, 0.05) is 69.9 Å². The summed E-state index contributed by atoms with van der Waals surface area (Å²) in [6.45, 7) is 5.15. The number of carbonyl (C=O) groups excluding carboxylic acids is 1. The van der Waals surface area contributed by atoms with Crippen molar-refractivity contribution in [2.45, 2.75) is 38.8 Å². The molecule has 39 heavy (non-hydrogen) atoms. The van der Waals surface area contributed by atoms with Crippen LogP contribution in [0.15, 0.2) is 48.9 Å². The van der Waals surface area contributed by atoms with E-state index in [2.05, 4.69) is 37.0 Å². The van der Waals surface area contributed by atoms with E-state index >= 15 is 0 Å². The minimum Gasteiger partial charge on any atom is -0.368 e. The van der Waals surface area contributed by atoms with E-state index in [1.807, 2.05) is 55.3 Å². The van der Waals surface area contributed by atoms with Crippen LogP contribution in [0.25, 0.3) is 5.82 Å². The number of hydrogen-bond donors (Lipinski definition) is 3. The van der Waals surface area contributed by atoms with Crippen LogP contribution in [-0.4, -0.2) is 61.7 Å². The predicted molar refractivity (Wildman–Crippen MR) is 145 cm³/mol. The number of aromatic amines is 1. The first-order chi connectivity index (χ1) is 18.9. The van der Waals surface area contributed by atoms with Gasteiger partial charge in [-0.15, -0.1) is 0 Å². The van der Waals surface area contributed by atoms with Gasteiger partial charge in [0.1, 0.15) is 23.3 Å². The lowest BCUT2D eigenvalue weighted by Gasteiger charge is -2.40. The number of ether oxygens (including phenoxy) is 1. The number of pyridine rings is 2. The second-order valence-corrected chi connectivity index (χ2v) is 9.54. The Labute approximate surface area is 226 Å². The minimum absolute atomic E-state index is 0.172. The van der Waals surface area contributed by atoms with Crippen molar-refractivity contribution < 1.29 is 9.53 Å². The van der Waals surface area contributed by atoms with Gasteiger partial charge in [0.05, 0.1) is 5.56 Å². The maximum Gasteiger partial charge on any atom is 0.252 e. The fourth-order valence-electron chi connectivity index (χ4n) is 4.71. The van der Waals surface area contributed by atoms with E-state index in [9.17, 15) is 10.1 Å². The maximum atomic E-state index is 13.3. The molecule has 0 spiro atoms. The molecular weight excluding hydrogens is 496 g/mol. The van der Waals surface area contributed by atoms with E-state index in [0.717, 1.165) is 16.8 Å². The van der Waals surface area contributed by atoms with Gasteiger partial charge in [0.15, 0.2) is 11.6 Å². The van der Waals surface area contributed by atoms with Crippen molar-refractivity contribution in [3.8, 4) is 11.9 Å². The molecular formula is C27H30N10O2. The number of methoxy groups -OCH3 is 1. The molecule has 1 saturated heterocycles. The van der Waals surface area contributed by atoms with Crippen molar-refractivity contribution in [2.75, 3.05) is 30.4 Å². The van der Waals surface area contributed by atoms with Crippen molar-refractivity contribution >= 4 is 23.4 Å². The van der Waals surface area contributed by atoms with E-state index in [-0.39, 0.29) is 5.91 Å². The van der Waals surface area contributed by atoms with Crippen molar-refractivity contribution in [1.29, 1.82) is 5.26 Å². The SMILES string of the molecule is COC1(C(=O)NCc2ccc(-n3cccn3)nc2)CCN(c2nc(Nc3cc(C)[nH]n3)cc(C)c2C#N)CC1. The number of amides is 1. The van der Waals surface area contributed by atoms with Crippen LogP contribution in [0.3, 0.4) is 0 Å². The van der Waals surface area contributed by atoms with Crippen molar-refractivity contribution in [3.05, 3.63) is 71.3 Å². The zero-order valence-corrected chi connectivity index (χ0v) is 22.1. The lowest BCUT2D eigenvalue weighted by atomic mass is 9.89. The fraction of sp³-hybridized carbons (Fsp3) is 0.333. The molecule has 0 radical (unpaired) electrons. The Morgan fingerprint density at radius 2 is 2.05 bits per heavy atom. The van der Waals surface area contributed by atoms with Crippen LogP contribution in [0, 0.1) is 25.2 Å². The number of anilines is 3. The lowest BCUT2D eigenvalue weighted by molar-refractivity contribution is -0.146. The Bertz CT molecular complexity index is 1480. The summed E-state index contributed by atoms with van der Waals surface area (Å²) in [4.78, 5) is 24.5. The summed E-state index contributed by atoms with van der Waals surface area (Å²) in [5, 5.41) is 27.3. The molecule has 0 saturated carbocycles. The van der Waals surface area contributed by atoms with Gasteiger partial charge in [-0.2, -0.15) is 15.5 Å². The number of aromatic nitrogens is 6. The van der Waals surface area contributed by atoms with Crippen molar-refractivity contribution in [3.63, 3.8) is 0 Å². The molecule has 3 N–H and O–H groups in total. The quantitative estimate of drug-likeness (QED) is 0.315. The molecule has 1 aliphatic heterocycles. The van der Waals surface area contributed by atoms with Crippen LogP contribution in [0.1, 0.15) is 35.2 Å². The molecule has 0 atom stereocenters. The first-order valence-corrected chi connectivity index (χ1v) is 12.6. The summed E-state index contributed by atoms with van der Waals surface area (Å²) in [6.07, 6.45) is 6.14. The predicted octanol–water partition coefficient (Wildman–Crippen LogP) is 2.92. The highest BCUT2D eigenvalue weighted by molar-refractivity contribution is 5.85. The van der Waals surface area contributed by atoms with Gasteiger partial charge in [-0.05, 0) is 43.2 Å². The van der Waals surface area contributed by atoms with Crippen LogP contribution < -0.4 is 15.5 Å². The molecule has 0 aromatic carbocycles. The number of nitrogens with zero attached hydrogens (tertiary/aromatic N) is 7. The normalized spacial score (nSPS) is 14.6. The van der Waals surface area contributed by atoms with Crippen molar-refractivity contribution in [2.24, 2.45) is 0 Å². The van der Waals surface area contributed by atoms with Gasteiger partial charge in [0.25, 0.3) is 5.91 Å². The summed E-state index contributed by atoms with van der Waals surface area (Å²) in [6, 6.07) is 11.6. The second-order valence-electron chi connectivity index (χ2n) is 9.54. The molecule has 0 aliphatic carbocycles. The van der Waals surface area contributed by atoms with Gasteiger partial charge in [-0.3, -0.25) is 9.89 Å². The number of nitrogens with one attached hydrogen (secondary N) is 3. The lowest BCUT2D eigenvalue weighted by Crippen LogP contribution is -2.55. The van der Waals surface area contributed by atoms with E-state index in [0.29, 0.717) is 61.3 Å². The van der Waals surface area contributed by atoms with Crippen LogP contribution in [0.5, 0.6) is 0 Å². The standard InChI is InChI=1S/C27H30N10O2/c1-18-13-22(32-23-14-19(2)34-35-23)33-25(21(18)15-28)36-11-7-27(39-3,8-12-36)26(38)30-17-20-5-6-24(29-16-20)37-10-4-9-31-37/h4-6,9-10,13-14,16H,7-8,11-12,17H2,1-3H3,(H,30,38)(H2,32,33,34,35). The number of rotatable bonds is 8. The average Bonchev–Trinajstić information content (AvgIpc) is 3.64. The van der Waals surface area contributed by atoms with Crippen molar-refractivity contribution in [1.82, 2.24) is 35.3 Å². The van der Waals surface area contributed by atoms with E-state index in [1.54, 1.807) is 24.2 Å². The minimum atomic E-state index is -0.969. The van der Waals surface area contributed by atoms with E-state index in [1.165, 1.54) is 0 Å². The van der Waals surface area contributed by atoms with Crippen LogP contribution in [-0.2, 0) is 16.1 Å². The fourth-order valence-corrected chi connectivity index (χ4v) is 4.71. The number of carbonyl (C=O) groups is 1. The Hall–Kier alpha value is -4.76. The first-order valence-electron chi connectivity index (χ1n) is 12.6. The molecule has 1 amide bonds. The summed E-state index contributed by atoms with van der Waals surface area (Å²) in [7, 11) is 1.56. The van der Waals surface area contributed by atoms with Crippen LogP contribution in [0.2, 0.25) is 0 Å². The number of H-pyrrole nitrogens is 1. The van der Waals surface area contributed by atoms with Gasteiger partial charge in [-0.25, -0.2) is 14.6 Å². The van der Waals surface area contributed by atoms with Gasteiger partial charge in [0.2, 0.25) is 0 Å². The van der Waals surface area contributed by atoms with Crippen LogP contribution >= 0.6 is 0 Å². The topological polar surface area (TPSA) is 150 Å². The second kappa shape index (κ2) is 10.9. The highest BCUT2D eigenvalue weighted by Crippen LogP contribution is 2.32. The summed E-state index contributed by atoms with van der Waals surface area (Å²) in [5.41, 5.74) is 2.15. The molecule has 4 aromatic rings. The summed E-state index contributed by atoms with van der Waals surface area (Å²) >= 11 is 0. The Morgan fingerprint density at radius 3 is 2.67 bits per heavy atom. The first kappa shape index (κ1) is 25.9. The molecule has 5 heterocycles. The molecule has 1 fully saturated rings. The zero-order valence-electron chi connectivity index (χ0n) is 22.1. The molecule has 4 aromatic heterocycles. The van der Waals surface area contributed by atoms with Gasteiger partial charge < -0.3 is 20.3 Å². The molecule has 0 unspecified atom stereocenters. The highest BCUT2D eigenvalue weighted by Gasteiger charge is 2.42. The third-order valence-electron chi connectivity index (χ3n) is 6.95. The Morgan fingerprint density at radius 1 is 1.23 bits per heavy atom. The highest BCUT2D eigenvalue weighted by atomic mass is 16.5. The van der Waals surface area contributed by atoms with E-state index in [4.69, 9.17) is 9.72 Å². The summed E-state index contributed by atoms with van der Waals surface area (Å²) < 4.78 is 7.47. The molecule has 0 bridgehead atoms. The average molecular weight is 527 g/mol. The molecule has 1 aliphatic rings. The molecule has 200 valence electrons. The third-order valence-corrected chi connectivity index (χ3v) is 6.95. The monoisotopic (exact) mass is 526 g/mol. The Balaban J connectivity index is 1.25. The van der Waals surface area contributed by atoms with Gasteiger partial charge in [-0.1, -0.05) is 6.07 Å².